The highest BCUT2D eigenvalue weighted by atomic mass is 16.3. The predicted molar refractivity (Wildman–Crippen MR) is 107 cm³/mol. The van der Waals surface area contributed by atoms with Crippen molar-refractivity contribution in [3.63, 3.8) is 0 Å². The summed E-state index contributed by atoms with van der Waals surface area (Å²) in [5.41, 5.74) is 3.83. The zero-order chi connectivity index (χ0) is 18.4. The average Bonchev–Trinajstić information content (AvgIpc) is 3.18. The molecule has 0 spiro atoms. The average molecular weight is 341 g/mol. The van der Waals surface area contributed by atoms with Gasteiger partial charge in [0.2, 0.25) is 0 Å². The van der Waals surface area contributed by atoms with E-state index in [1.807, 2.05) is 60.7 Å². The first kappa shape index (κ1) is 17.2. The van der Waals surface area contributed by atoms with Crippen molar-refractivity contribution in [3.05, 3.63) is 110 Å². The summed E-state index contributed by atoms with van der Waals surface area (Å²) < 4.78 is 5.49. The van der Waals surface area contributed by atoms with E-state index >= 15 is 0 Å². The van der Waals surface area contributed by atoms with Gasteiger partial charge in [-0.2, -0.15) is 0 Å². The van der Waals surface area contributed by atoms with Crippen molar-refractivity contribution in [2.75, 3.05) is 4.90 Å². The lowest BCUT2D eigenvalue weighted by Gasteiger charge is -2.26. The van der Waals surface area contributed by atoms with Gasteiger partial charge in [-0.1, -0.05) is 37.4 Å². The second kappa shape index (κ2) is 7.99. The normalized spacial score (nSPS) is 11.0. The molecule has 0 atom stereocenters. The molecule has 0 saturated heterocycles. The van der Waals surface area contributed by atoms with Gasteiger partial charge in [0, 0.05) is 22.6 Å². The molecule has 0 radical (unpaired) electrons. The molecule has 128 valence electrons. The Balaban J connectivity index is 2.01. The van der Waals surface area contributed by atoms with Gasteiger partial charge in [-0.05, 0) is 60.7 Å². The second-order valence-corrected chi connectivity index (χ2v) is 5.57. The van der Waals surface area contributed by atoms with Crippen molar-refractivity contribution in [1.82, 2.24) is 0 Å². The van der Waals surface area contributed by atoms with Gasteiger partial charge in [-0.15, -0.1) is 0 Å². The summed E-state index contributed by atoms with van der Waals surface area (Å²) in [5, 5.41) is 0. The van der Waals surface area contributed by atoms with E-state index in [1.165, 1.54) is 0 Å². The molecule has 3 heteroatoms. The summed E-state index contributed by atoms with van der Waals surface area (Å²) in [5.74, 6) is 0.980. The van der Waals surface area contributed by atoms with Crippen molar-refractivity contribution < 1.29 is 9.21 Å². The fourth-order valence-electron chi connectivity index (χ4n) is 2.72. The summed E-state index contributed by atoms with van der Waals surface area (Å²) in [7, 11) is 0. The van der Waals surface area contributed by atoms with Gasteiger partial charge in [0.25, 0.3) is 0 Å². The van der Waals surface area contributed by atoms with Gasteiger partial charge in [-0.3, -0.25) is 4.79 Å². The number of allylic oxidation sites excluding steroid dienone is 3. The van der Waals surface area contributed by atoms with Crippen LogP contribution >= 0.6 is 0 Å². The number of para-hydroxylation sites is 1. The van der Waals surface area contributed by atoms with E-state index in [0.717, 1.165) is 22.6 Å². The standard InChI is InChI=1S/C23H19NO2/c1-3-8-19(4-2)24(20-9-6-5-7-10-20)21-13-11-18(12-14-21)23-16-15-22(17-25)26-23/h3-17H,1-2H2/b19-8+. The van der Waals surface area contributed by atoms with E-state index in [1.54, 1.807) is 24.3 Å². The Morgan fingerprint density at radius 3 is 2.15 bits per heavy atom. The number of hydrogen-bond acceptors (Lipinski definition) is 3. The second-order valence-electron chi connectivity index (χ2n) is 5.57. The van der Waals surface area contributed by atoms with E-state index in [-0.39, 0.29) is 0 Å². The van der Waals surface area contributed by atoms with Gasteiger partial charge < -0.3 is 9.32 Å². The van der Waals surface area contributed by atoms with Crippen LogP contribution in [0.2, 0.25) is 0 Å². The SMILES string of the molecule is C=C/C=C(\C=C)N(c1ccccc1)c1ccc(-c2ccc(C=O)o2)cc1. The number of aldehydes is 1. The maximum Gasteiger partial charge on any atom is 0.185 e. The summed E-state index contributed by atoms with van der Waals surface area (Å²) in [4.78, 5) is 12.9. The molecule has 3 aromatic rings. The van der Waals surface area contributed by atoms with Crippen LogP contribution in [-0.2, 0) is 0 Å². The molecule has 0 N–H and O–H groups in total. The third-order valence-electron chi connectivity index (χ3n) is 3.92. The van der Waals surface area contributed by atoms with Crippen molar-refractivity contribution in [1.29, 1.82) is 0 Å². The number of nitrogens with zero attached hydrogens (tertiary/aromatic N) is 1. The first-order valence-corrected chi connectivity index (χ1v) is 8.22. The van der Waals surface area contributed by atoms with Crippen LogP contribution in [0.15, 0.2) is 108 Å². The van der Waals surface area contributed by atoms with Crippen LogP contribution in [0.3, 0.4) is 0 Å². The number of anilines is 2. The Morgan fingerprint density at radius 1 is 0.885 bits per heavy atom. The maximum absolute atomic E-state index is 10.8. The zero-order valence-electron chi connectivity index (χ0n) is 14.3. The molecule has 1 heterocycles. The van der Waals surface area contributed by atoms with Crippen LogP contribution in [0.4, 0.5) is 11.4 Å². The van der Waals surface area contributed by atoms with Gasteiger partial charge in [-0.25, -0.2) is 0 Å². The molecule has 2 aromatic carbocycles. The lowest BCUT2D eigenvalue weighted by molar-refractivity contribution is 0.110. The Hall–Kier alpha value is -3.59. The minimum absolute atomic E-state index is 0.317. The minimum atomic E-state index is 0.317. The molecular formula is C23H19NO2. The quantitative estimate of drug-likeness (QED) is 0.381. The largest absolute Gasteiger partial charge is 0.453 e. The highest BCUT2D eigenvalue weighted by molar-refractivity contribution is 5.75. The molecular weight excluding hydrogens is 322 g/mol. The van der Waals surface area contributed by atoms with Crippen molar-refractivity contribution in [3.8, 4) is 11.3 Å². The Morgan fingerprint density at radius 2 is 1.58 bits per heavy atom. The number of carbonyl (C=O) groups is 1. The Kier molecular flexibility index (Phi) is 5.30. The topological polar surface area (TPSA) is 33.5 Å². The fraction of sp³-hybridized carbons (Fsp3) is 0. The monoisotopic (exact) mass is 341 g/mol. The van der Waals surface area contributed by atoms with E-state index in [9.17, 15) is 4.79 Å². The fourth-order valence-corrected chi connectivity index (χ4v) is 2.72. The third kappa shape index (κ3) is 3.57. The molecule has 0 fully saturated rings. The van der Waals surface area contributed by atoms with Crippen molar-refractivity contribution in [2.45, 2.75) is 0 Å². The van der Waals surface area contributed by atoms with Crippen LogP contribution in [0.1, 0.15) is 10.6 Å². The third-order valence-corrected chi connectivity index (χ3v) is 3.92. The molecule has 1 aromatic heterocycles. The van der Waals surface area contributed by atoms with Crippen LogP contribution < -0.4 is 4.90 Å². The summed E-state index contributed by atoms with van der Waals surface area (Å²) >= 11 is 0. The first-order valence-electron chi connectivity index (χ1n) is 8.22. The van der Waals surface area contributed by atoms with E-state index in [2.05, 4.69) is 18.1 Å². The van der Waals surface area contributed by atoms with Crippen molar-refractivity contribution in [2.24, 2.45) is 0 Å². The Labute approximate surface area is 153 Å². The highest BCUT2D eigenvalue weighted by Gasteiger charge is 2.13. The lowest BCUT2D eigenvalue weighted by Crippen LogP contribution is -2.14. The van der Waals surface area contributed by atoms with E-state index < -0.39 is 0 Å². The summed E-state index contributed by atoms with van der Waals surface area (Å²) in [6.07, 6.45) is 6.15. The predicted octanol–water partition coefficient (Wildman–Crippen LogP) is 6.15. The smallest absolute Gasteiger partial charge is 0.185 e. The summed E-state index contributed by atoms with van der Waals surface area (Å²) in [6, 6.07) is 21.4. The summed E-state index contributed by atoms with van der Waals surface area (Å²) in [6.45, 7) is 7.71. The van der Waals surface area contributed by atoms with Crippen LogP contribution in [0.25, 0.3) is 11.3 Å². The zero-order valence-corrected chi connectivity index (χ0v) is 14.3. The number of carbonyl (C=O) groups excluding carboxylic acids is 1. The van der Waals surface area contributed by atoms with Crippen molar-refractivity contribution >= 4 is 17.7 Å². The molecule has 3 rings (SSSR count). The number of hydrogen-bond donors (Lipinski definition) is 0. The van der Waals surface area contributed by atoms with Crippen LogP contribution in [0.5, 0.6) is 0 Å². The molecule has 0 bridgehead atoms. The van der Waals surface area contributed by atoms with Crippen LogP contribution in [0, 0.1) is 0 Å². The maximum atomic E-state index is 10.8. The van der Waals surface area contributed by atoms with Crippen LogP contribution in [-0.4, -0.2) is 6.29 Å². The van der Waals surface area contributed by atoms with Gasteiger partial charge >= 0.3 is 0 Å². The molecule has 26 heavy (non-hydrogen) atoms. The molecule has 0 unspecified atom stereocenters. The number of rotatable bonds is 7. The molecule has 0 saturated carbocycles. The molecule has 0 aliphatic carbocycles. The van der Waals surface area contributed by atoms with Gasteiger partial charge in [0.05, 0.1) is 0 Å². The number of benzene rings is 2. The molecule has 0 aliphatic heterocycles. The van der Waals surface area contributed by atoms with E-state index in [0.29, 0.717) is 17.8 Å². The minimum Gasteiger partial charge on any atom is -0.453 e. The Bertz CT molecular complexity index is 934. The molecule has 3 nitrogen and oxygen atoms in total. The van der Waals surface area contributed by atoms with E-state index in [4.69, 9.17) is 4.42 Å². The molecule has 0 aliphatic rings. The first-order chi connectivity index (χ1) is 12.8. The molecule has 0 amide bonds. The van der Waals surface area contributed by atoms with Gasteiger partial charge in [0.1, 0.15) is 5.76 Å². The highest BCUT2D eigenvalue weighted by Crippen LogP contribution is 2.32. The lowest BCUT2D eigenvalue weighted by atomic mass is 10.1. The number of furan rings is 1. The van der Waals surface area contributed by atoms with Gasteiger partial charge in [0.15, 0.2) is 12.0 Å².